The summed E-state index contributed by atoms with van der Waals surface area (Å²) < 4.78 is 7.43. The number of nitro groups is 1. The summed E-state index contributed by atoms with van der Waals surface area (Å²) >= 11 is 0. The Balaban J connectivity index is 1.85. The molecule has 0 amide bonds. The largest absolute Gasteiger partial charge is 0.484 e. The molecule has 10 heteroatoms. The Labute approximate surface area is 148 Å². The Morgan fingerprint density at radius 1 is 1.31 bits per heavy atom. The van der Waals surface area contributed by atoms with E-state index in [-0.39, 0.29) is 11.8 Å². The number of aromatic nitrogens is 4. The lowest BCUT2D eigenvalue weighted by Crippen LogP contribution is -2.10. The van der Waals surface area contributed by atoms with Crippen LogP contribution < -0.4 is 4.74 Å². The maximum atomic E-state index is 10.7. The van der Waals surface area contributed by atoms with E-state index in [0.29, 0.717) is 17.5 Å². The maximum Gasteiger partial charge on any atom is 0.272 e. The Bertz CT molecular complexity index is 950. The number of benzene rings is 1. The average molecular weight is 355 g/mol. The van der Waals surface area contributed by atoms with Crippen LogP contribution in [0.1, 0.15) is 18.7 Å². The SMILES string of the molecule is CC(Oc1ccc([N+](=O)[O-])cc1)c1ccnc2nc(N=CN(C)C)nn12. The maximum absolute atomic E-state index is 10.7. The Hall–Kier alpha value is -3.56. The molecule has 10 nitrogen and oxygen atoms in total. The molecule has 0 aliphatic rings. The van der Waals surface area contributed by atoms with E-state index in [2.05, 4.69) is 20.1 Å². The molecule has 1 aromatic carbocycles. The van der Waals surface area contributed by atoms with Crippen LogP contribution in [-0.4, -0.2) is 49.8 Å². The lowest BCUT2D eigenvalue weighted by atomic mass is 10.2. The first-order valence-corrected chi connectivity index (χ1v) is 7.77. The van der Waals surface area contributed by atoms with Gasteiger partial charge in [-0.2, -0.15) is 9.50 Å². The van der Waals surface area contributed by atoms with Gasteiger partial charge in [0.05, 0.1) is 17.0 Å². The number of fused-ring (bicyclic) bond motifs is 1. The summed E-state index contributed by atoms with van der Waals surface area (Å²) in [7, 11) is 3.70. The molecule has 0 saturated carbocycles. The van der Waals surface area contributed by atoms with Crippen LogP contribution in [-0.2, 0) is 0 Å². The highest BCUT2D eigenvalue weighted by Crippen LogP contribution is 2.24. The van der Waals surface area contributed by atoms with Gasteiger partial charge < -0.3 is 9.64 Å². The van der Waals surface area contributed by atoms with Gasteiger partial charge in [-0.1, -0.05) is 0 Å². The van der Waals surface area contributed by atoms with Crippen molar-refractivity contribution in [3.8, 4) is 5.75 Å². The lowest BCUT2D eigenvalue weighted by molar-refractivity contribution is -0.384. The molecule has 1 unspecified atom stereocenters. The standard InChI is InChI=1S/C16H17N7O3/c1-11(26-13-6-4-12(5-7-13)23(24)25)14-8-9-17-16-19-15(20-22(14)16)18-10-21(2)3/h4-11H,1-3H3. The zero-order valence-electron chi connectivity index (χ0n) is 14.5. The number of nitro benzene ring substituents is 1. The van der Waals surface area contributed by atoms with Gasteiger partial charge in [-0.05, 0) is 25.1 Å². The van der Waals surface area contributed by atoms with Crippen LogP contribution in [0.2, 0.25) is 0 Å². The minimum absolute atomic E-state index is 0.0102. The van der Waals surface area contributed by atoms with E-state index in [9.17, 15) is 10.1 Å². The number of hydrogen-bond donors (Lipinski definition) is 0. The molecule has 0 N–H and O–H groups in total. The molecule has 0 aliphatic carbocycles. The molecule has 1 atom stereocenters. The quantitative estimate of drug-likeness (QED) is 0.289. The average Bonchev–Trinajstić information content (AvgIpc) is 3.03. The molecule has 3 aromatic rings. The molecular weight excluding hydrogens is 338 g/mol. The number of nitrogens with zero attached hydrogens (tertiary/aromatic N) is 7. The van der Waals surface area contributed by atoms with E-state index in [4.69, 9.17) is 4.74 Å². The van der Waals surface area contributed by atoms with Crippen LogP contribution >= 0.6 is 0 Å². The highest BCUT2D eigenvalue weighted by Gasteiger charge is 2.15. The van der Waals surface area contributed by atoms with Crippen molar-refractivity contribution in [3.63, 3.8) is 0 Å². The molecule has 0 aliphatic heterocycles. The van der Waals surface area contributed by atoms with Crippen LogP contribution in [0.15, 0.2) is 41.5 Å². The third-order valence-corrected chi connectivity index (χ3v) is 3.44. The zero-order valence-corrected chi connectivity index (χ0v) is 14.5. The third-order valence-electron chi connectivity index (χ3n) is 3.44. The van der Waals surface area contributed by atoms with Gasteiger partial charge in [0.15, 0.2) is 0 Å². The number of aliphatic imine (C=N–C) groups is 1. The fourth-order valence-electron chi connectivity index (χ4n) is 2.24. The number of hydrogen-bond acceptors (Lipinski definition) is 7. The Morgan fingerprint density at radius 3 is 2.69 bits per heavy atom. The molecular formula is C16H17N7O3. The first-order valence-electron chi connectivity index (χ1n) is 7.77. The van der Waals surface area contributed by atoms with E-state index in [1.54, 1.807) is 40.1 Å². The highest BCUT2D eigenvalue weighted by atomic mass is 16.6. The van der Waals surface area contributed by atoms with Crippen LogP contribution in [0.5, 0.6) is 5.75 Å². The van der Waals surface area contributed by atoms with Crippen molar-refractivity contribution in [1.29, 1.82) is 0 Å². The summed E-state index contributed by atoms with van der Waals surface area (Å²) in [5, 5.41) is 15.1. The number of rotatable bonds is 6. The Kier molecular flexibility index (Phi) is 4.74. The monoisotopic (exact) mass is 355 g/mol. The van der Waals surface area contributed by atoms with E-state index in [1.165, 1.54) is 12.1 Å². The molecule has 0 fully saturated rings. The predicted molar refractivity (Wildman–Crippen MR) is 94.8 cm³/mol. The van der Waals surface area contributed by atoms with E-state index in [1.807, 2.05) is 21.0 Å². The van der Waals surface area contributed by atoms with Gasteiger partial charge in [-0.15, -0.1) is 5.10 Å². The van der Waals surface area contributed by atoms with Gasteiger partial charge in [-0.3, -0.25) is 10.1 Å². The molecule has 0 saturated heterocycles. The van der Waals surface area contributed by atoms with Crippen molar-refractivity contribution in [1.82, 2.24) is 24.5 Å². The first kappa shape index (κ1) is 17.3. The van der Waals surface area contributed by atoms with E-state index < -0.39 is 4.92 Å². The number of ether oxygens (including phenoxy) is 1. The molecule has 2 aromatic heterocycles. The molecule has 2 heterocycles. The van der Waals surface area contributed by atoms with Gasteiger partial charge in [0.25, 0.3) is 17.4 Å². The van der Waals surface area contributed by atoms with Crippen LogP contribution in [0.4, 0.5) is 11.6 Å². The second kappa shape index (κ2) is 7.13. The molecule has 0 spiro atoms. The fourth-order valence-corrected chi connectivity index (χ4v) is 2.24. The smallest absolute Gasteiger partial charge is 0.272 e. The minimum Gasteiger partial charge on any atom is -0.484 e. The van der Waals surface area contributed by atoms with Crippen molar-refractivity contribution in [2.45, 2.75) is 13.0 Å². The van der Waals surface area contributed by atoms with Crippen molar-refractivity contribution in [2.75, 3.05) is 14.1 Å². The predicted octanol–water partition coefficient (Wildman–Crippen LogP) is 2.39. The molecule has 3 rings (SSSR count). The van der Waals surface area contributed by atoms with Crippen LogP contribution in [0.3, 0.4) is 0 Å². The van der Waals surface area contributed by atoms with Gasteiger partial charge >= 0.3 is 0 Å². The summed E-state index contributed by atoms with van der Waals surface area (Å²) in [6.07, 6.45) is 2.84. The highest BCUT2D eigenvalue weighted by molar-refractivity contribution is 5.58. The lowest BCUT2D eigenvalue weighted by Gasteiger charge is -2.15. The van der Waals surface area contributed by atoms with Gasteiger partial charge in [-0.25, -0.2) is 9.98 Å². The summed E-state index contributed by atoms with van der Waals surface area (Å²) in [6, 6.07) is 7.68. The van der Waals surface area contributed by atoms with Crippen LogP contribution in [0, 0.1) is 10.1 Å². The van der Waals surface area contributed by atoms with Crippen molar-refractivity contribution >= 4 is 23.8 Å². The molecule has 0 bridgehead atoms. The van der Waals surface area contributed by atoms with Crippen molar-refractivity contribution in [2.24, 2.45) is 4.99 Å². The summed E-state index contributed by atoms with van der Waals surface area (Å²) in [5.41, 5.74) is 0.739. The van der Waals surface area contributed by atoms with Gasteiger partial charge in [0.1, 0.15) is 11.9 Å². The summed E-state index contributed by atoms with van der Waals surface area (Å²) in [6.45, 7) is 1.85. The van der Waals surface area contributed by atoms with Gasteiger partial charge in [0.2, 0.25) is 0 Å². The molecule has 26 heavy (non-hydrogen) atoms. The second-order valence-corrected chi connectivity index (χ2v) is 5.71. The molecule has 134 valence electrons. The normalized spacial score (nSPS) is 12.4. The third kappa shape index (κ3) is 3.74. The topological polar surface area (TPSA) is 111 Å². The first-order chi connectivity index (χ1) is 12.4. The number of non-ortho nitro benzene ring substituents is 1. The zero-order chi connectivity index (χ0) is 18.7. The minimum atomic E-state index is -0.454. The second-order valence-electron chi connectivity index (χ2n) is 5.71. The summed E-state index contributed by atoms with van der Waals surface area (Å²) in [4.78, 5) is 24.6. The van der Waals surface area contributed by atoms with E-state index in [0.717, 1.165) is 5.69 Å². The molecule has 0 radical (unpaired) electrons. The summed E-state index contributed by atoms with van der Waals surface area (Å²) in [5.74, 6) is 1.22. The fraction of sp³-hybridized carbons (Fsp3) is 0.250. The van der Waals surface area contributed by atoms with Crippen molar-refractivity contribution < 1.29 is 9.66 Å². The van der Waals surface area contributed by atoms with E-state index >= 15 is 0 Å². The van der Waals surface area contributed by atoms with Crippen LogP contribution in [0.25, 0.3) is 5.78 Å². The Morgan fingerprint density at radius 2 is 2.04 bits per heavy atom. The van der Waals surface area contributed by atoms with Crippen molar-refractivity contribution in [3.05, 3.63) is 52.3 Å². The van der Waals surface area contributed by atoms with Gasteiger partial charge in [0, 0.05) is 32.4 Å².